The molecule has 0 fully saturated rings. The van der Waals surface area contributed by atoms with Crippen molar-refractivity contribution in [3.63, 3.8) is 0 Å². The smallest absolute Gasteiger partial charge is 0.147 e. The fourth-order valence-corrected chi connectivity index (χ4v) is 1.73. The Kier molecular flexibility index (Phi) is 4.03. The number of hydrogen-bond donors (Lipinski definition) is 0. The molecule has 18 heavy (non-hydrogen) atoms. The number of halogens is 2. The van der Waals surface area contributed by atoms with Crippen LogP contribution in [-0.2, 0) is 6.61 Å². The van der Waals surface area contributed by atoms with E-state index in [-0.39, 0.29) is 6.61 Å². The summed E-state index contributed by atoms with van der Waals surface area (Å²) in [5.74, 6) is 0.483. The van der Waals surface area contributed by atoms with Gasteiger partial charge in [0, 0.05) is 22.8 Å². The molecule has 0 aliphatic rings. The summed E-state index contributed by atoms with van der Waals surface area (Å²) in [6, 6.07) is 10.5. The van der Waals surface area contributed by atoms with Crippen LogP contribution in [0.4, 0.5) is 0 Å². The first-order chi connectivity index (χ1) is 8.70. The van der Waals surface area contributed by atoms with Crippen molar-refractivity contribution in [2.24, 2.45) is 0 Å². The van der Waals surface area contributed by atoms with Gasteiger partial charge in [0.05, 0.1) is 5.02 Å². The van der Waals surface area contributed by atoms with Crippen molar-refractivity contribution in [2.75, 3.05) is 0 Å². The summed E-state index contributed by atoms with van der Waals surface area (Å²) in [6.45, 7) is 0.219. The molecular formula is C13H8Cl2N2O. The minimum atomic E-state index is 0.219. The van der Waals surface area contributed by atoms with Crippen LogP contribution in [0, 0.1) is 11.3 Å². The fourth-order valence-electron chi connectivity index (χ4n) is 1.40. The van der Waals surface area contributed by atoms with Gasteiger partial charge in [0.2, 0.25) is 0 Å². The standard InChI is InChI=1S/C13H8Cl2N2O/c14-10-3-4-11(15)13(6-10)18-8-9-2-1-5-17-12(9)7-16/h1-6H,8H2. The molecule has 2 aromatic rings. The van der Waals surface area contributed by atoms with Crippen molar-refractivity contribution < 1.29 is 4.74 Å². The molecule has 0 amide bonds. The van der Waals surface area contributed by atoms with Gasteiger partial charge in [-0.15, -0.1) is 0 Å². The average molecular weight is 279 g/mol. The van der Waals surface area contributed by atoms with E-state index in [2.05, 4.69) is 4.98 Å². The molecule has 1 aromatic carbocycles. The van der Waals surface area contributed by atoms with Crippen LogP contribution in [0.1, 0.15) is 11.3 Å². The summed E-state index contributed by atoms with van der Waals surface area (Å²) in [4.78, 5) is 3.95. The molecule has 0 saturated carbocycles. The Labute approximate surface area is 115 Å². The lowest BCUT2D eigenvalue weighted by molar-refractivity contribution is 0.305. The van der Waals surface area contributed by atoms with Crippen molar-refractivity contribution >= 4 is 23.2 Å². The van der Waals surface area contributed by atoms with E-state index in [0.29, 0.717) is 27.1 Å². The first-order valence-electron chi connectivity index (χ1n) is 5.12. The minimum Gasteiger partial charge on any atom is -0.487 e. The third kappa shape index (κ3) is 2.92. The van der Waals surface area contributed by atoms with E-state index in [1.165, 1.54) is 0 Å². The highest BCUT2D eigenvalue weighted by atomic mass is 35.5. The summed E-state index contributed by atoms with van der Waals surface area (Å²) >= 11 is 11.8. The summed E-state index contributed by atoms with van der Waals surface area (Å²) in [6.07, 6.45) is 1.56. The molecule has 3 nitrogen and oxygen atoms in total. The van der Waals surface area contributed by atoms with Crippen molar-refractivity contribution in [2.45, 2.75) is 6.61 Å². The van der Waals surface area contributed by atoms with Crippen LogP contribution in [0.15, 0.2) is 36.5 Å². The summed E-state index contributed by atoms with van der Waals surface area (Å²) in [5.41, 5.74) is 1.05. The summed E-state index contributed by atoms with van der Waals surface area (Å²) in [7, 11) is 0. The first kappa shape index (κ1) is 12.7. The molecule has 0 atom stereocenters. The minimum absolute atomic E-state index is 0.219. The SMILES string of the molecule is N#Cc1ncccc1COc1cc(Cl)ccc1Cl. The van der Waals surface area contributed by atoms with Gasteiger partial charge in [-0.05, 0) is 18.2 Å². The highest BCUT2D eigenvalue weighted by Crippen LogP contribution is 2.28. The molecule has 5 heteroatoms. The molecule has 0 aliphatic carbocycles. The number of nitriles is 1. The van der Waals surface area contributed by atoms with Gasteiger partial charge in [-0.1, -0.05) is 29.3 Å². The molecule has 0 unspecified atom stereocenters. The van der Waals surface area contributed by atoms with E-state index in [4.69, 9.17) is 33.2 Å². The summed E-state index contributed by atoms with van der Waals surface area (Å²) in [5, 5.41) is 9.92. The van der Waals surface area contributed by atoms with Crippen LogP contribution < -0.4 is 4.74 Å². The van der Waals surface area contributed by atoms with Crippen molar-refractivity contribution in [1.82, 2.24) is 4.98 Å². The van der Waals surface area contributed by atoms with Gasteiger partial charge in [-0.25, -0.2) is 4.98 Å². The highest BCUT2D eigenvalue weighted by molar-refractivity contribution is 6.34. The van der Waals surface area contributed by atoms with Crippen molar-refractivity contribution in [3.05, 3.63) is 57.8 Å². The van der Waals surface area contributed by atoms with Gasteiger partial charge in [0.15, 0.2) is 0 Å². The van der Waals surface area contributed by atoms with E-state index < -0.39 is 0 Å². The highest BCUT2D eigenvalue weighted by Gasteiger charge is 2.06. The number of pyridine rings is 1. The molecule has 2 rings (SSSR count). The molecule has 0 saturated heterocycles. The van der Waals surface area contributed by atoms with Crippen LogP contribution in [0.2, 0.25) is 10.0 Å². The van der Waals surface area contributed by atoms with E-state index in [0.717, 1.165) is 0 Å². The third-order valence-electron chi connectivity index (χ3n) is 2.27. The predicted octanol–water partition coefficient (Wildman–Crippen LogP) is 3.84. The van der Waals surface area contributed by atoms with Crippen LogP contribution in [0.5, 0.6) is 5.75 Å². The zero-order valence-corrected chi connectivity index (χ0v) is 10.7. The molecule has 0 spiro atoms. The topological polar surface area (TPSA) is 45.9 Å². The average Bonchev–Trinajstić information content (AvgIpc) is 2.40. The Morgan fingerprint density at radius 2 is 2.11 bits per heavy atom. The van der Waals surface area contributed by atoms with Crippen molar-refractivity contribution in [1.29, 1.82) is 5.26 Å². The molecule has 0 aliphatic heterocycles. The van der Waals surface area contributed by atoms with Crippen LogP contribution in [0.3, 0.4) is 0 Å². The molecule has 1 heterocycles. The predicted molar refractivity (Wildman–Crippen MR) is 69.7 cm³/mol. The Morgan fingerprint density at radius 1 is 1.28 bits per heavy atom. The van der Waals surface area contributed by atoms with Crippen LogP contribution in [0.25, 0.3) is 0 Å². The first-order valence-corrected chi connectivity index (χ1v) is 5.88. The lowest BCUT2D eigenvalue weighted by atomic mass is 10.2. The van der Waals surface area contributed by atoms with Gasteiger partial charge in [-0.2, -0.15) is 5.26 Å². The maximum absolute atomic E-state index is 8.90. The number of aromatic nitrogens is 1. The molecule has 0 N–H and O–H groups in total. The lowest BCUT2D eigenvalue weighted by Gasteiger charge is -2.08. The number of rotatable bonds is 3. The third-order valence-corrected chi connectivity index (χ3v) is 2.82. The second kappa shape index (κ2) is 5.72. The van der Waals surface area contributed by atoms with Crippen molar-refractivity contribution in [3.8, 4) is 11.8 Å². The Bertz CT molecular complexity index is 608. The normalized spacial score (nSPS) is 9.83. The van der Waals surface area contributed by atoms with E-state index in [1.807, 2.05) is 6.07 Å². The fraction of sp³-hybridized carbons (Fsp3) is 0.0769. The van der Waals surface area contributed by atoms with E-state index in [1.54, 1.807) is 36.5 Å². The largest absolute Gasteiger partial charge is 0.487 e. The molecular weight excluding hydrogens is 271 g/mol. The number of nitrogens with zero attached hydrogens (tertiary/aromatic N) is 2. The number of benzene rings is 1. The Morgan fingerprint density at radius 3 is 2.89 bits per heavy atom. The van der Waals surface area contributed by atoms with Gasteiger partial charge < -0.3 is 4.74 Å². The maximum atomic E-state index is 8.90. The number of ether oxygens (including phenoxy) is 1. The van der Waals surface area contributed by atoms with Gasteiger partial charge >= 0.3 is 0 Å². The molecule has 1 aromatic heterocycles. The Hall–Kier alpha value is -1.76. The monoisotopic (exact) mass is 278 g/mol. The lowest BCUT2D eigenvalue weighted by Crippen LogP contribution is -2.00. The zero-order valence-electron chi connectivity index (χ0n) is 9.23. The molecule has 0 bridgehead atoms. The second-order valence-electron chi connectivity index (χ2n) is 3.49. The van der Waals surface area contributed by atoms with Crippen LogP contribution in [-0.4, -0.2) is 4.98 Å². The summed E-state index contributed by atoms with van der Waals surface area (Å²) < 4.78 is 5.54. The quantitative estimate of drug-likeness (QED) is 0.857. The Balaban J connectivity index is 2.17. The van der Waals surface area contributed by atoms with E-state index in [9.17, 15) is 0 Å². The maximum Gasteiger partial charge on any atom is 0.147 e. The van der Waals surface area contributed by atoms with Gasteiger partial charge in [-0.3, -0.25) is 0 Å². The molecule has 0 radical (unpaired) electrons. The van der Waals surface area contributed by atoms with E-state index >= 15 is 0 Å². The zero-order chi connectivity index (χ0) is 13.0. The van der Waals surface area contributed by atoms with Gasteiger partial charge in [0.25, 0.3) is 0 Å². The molecule has 90 valence electrons. The van der Waals surface area contributed by atoms with Crippen LogP contribution >= 0.6 is 23.2 Å². The second-order valence-corrected chi connectivity index (χ2v) is 4.33. The van der Waals surface area contributed by atoms with Gasteiger partial charge in [0.1, 0.15) is 24.1 Å². The number of hydrogen-bond acceptors (Lipinski definition) is 3.